The lowest BCUT2D eigenvalue weighted by atomic mass is 10.2. The molecule has 0 aliphatic rings. The number of hydrogen-bond donors (Lipinski definition) is 1. The second-order valence-corrected chi connectivity index (χ2v) is 6.93. The van der Waals surface area contributed by atoms with E-state index in [4.69, 9.17) is 4.74 Å². The molecule has 5 heteroatoms. The van der Waals surface area contributed by atoms with Crippen LogP contribution in [-0.2, 0) is 0 Å². The number of rotatable bonds is 10. The fourth-order valence-electron chi connectivity index (χ4n) is 2.46. The smallest absolute Gasteiger partial charge is 0.271 e. The molecular weight excluding hydrogens is 392 g/mol. The van der Waals surface area contributed by atoms with Crippen molar-refractivity contribution in [1.29, 1.82) is 0 Å². The first kappa shape index (κ1) is 20.2. The molecule has 0 fully saturated rings. The number of hydrogen-bond acceptors (Lipinski definition) is 3. The summed E-state index contributed by atoms with van der Waals surface area (Å²) in [4.78, 5) is 12.1. The summed E-state index contributed by atoms with van der Waals surface area (Å²) in [5.74, 6) is 0.528. The number of para-hydroxylation sites is 1. The van der Waals surface area contributed by atoms with Gasteiger partial charge in [-0.3, -0.25) is 4.79 Å². The van der Waals surface area contributed by atoms with Gasteiger partial charge in [-0.25, -0.2) is 5.43 Å². The summed E-state index contributed by atoms with van der Waals surface area (Å²) in [7, 11) is 0. The zero-order chi connectivity index (χ0) is 18.6. The van der Waals surface area contributed by atoms with Gasteiger partial charge in [0.25, 0.3) is 5.91 Å². The molecule has 0 saturated heterocycles. The average Bonchev–Trinajstić information content (AvgIpc) is 2.65. The van der Waals surface area contributed by atoms with Crippen LogP contribution in [0.1, 0.15) is 54.9 Å². The van der Waals surface area contributed by atoms with Crippen molar-refractivity contribution in [2.24, 2.45) is 5.10 Å². The highest BCUT2D eigenvalue weighted by molar-refractivity contribution is 9.10. The van der Waals surface area contributed by atoms with Gasteiger partial charge in [-0.2, -0.15) is 5.10 Å². The molecule has 0 radical (unpaired) electrons. The number of carbonyl (C=O) groups is 1. The lowest BCUT2D eigenvalue weighted by Crippen LogP contribution is -2.17. The largest absolute Gasteiger partial charge is 0.493 e. The zero-order valence-corrected chi connectivity index (χ0v) is 16.7. The number of nitrogens with zero attached hydrogens (tertiary/aromatic N) is 1. The molecular formula is C21H25BrN2O2. The van der Waals surface area contributed by atoms with E-state index in [1.54, 1.807) is 18.3 Å². The molecule has 0 unspecified atom stereocenters. The highest BCUT2D eigenvalue weighted by atomic mass is 79.9. The van der Waals surface area contributed by atoms with Gasteiger partial charge < -0.3 is 4.74 Å². The number of hydrazone groups is 1. The third kappa shape index (κ3) is 7.00. The maximum Gasteiger partial charge on any atom is 0.271 e. The van der Waals surface area contributed by atoms with Crippen molar-refractivity contribution in [3.8, 4) is 5.75 Å². The van der Waals surface area contributed by atoms with Crippen molar-refractivity contribution in [2.75, 3.05) is 6.61 Å². The first-order chi connectivity index (χ1) is 12.7. The summed E-state index contributed by atoms with van der Waals surface area (Å²) in [6.45, 7) is 2.90. The van der Waals surface area contributed by atoms with Gasteiger partial charge in [0.1, 0.15) is 5.75 Å². The van der Waals surface area contributed by atoms with Gasteiger partial charge in [-0.05, 0) is 36.8 Å². The van der Waals surface area contributed by atoms with E-state index in [1.165, 1.54) is 25.7 Å². The van der Waals surface area contributed by atoms with Crippen LogP contribution < -0.4 is 10.2 Å². The minimum absolute atomic E-state index is 0.253. The van der Waals surface area contributed by atoms with Gasteiger partial charge >= 0.3 is 0 Å². The lowest BCUT2D eigenvalue weighted by Gasteiger charge is -2.08. The lowest BCUT2D eigenvalue weighted by molar-refractivity contribution is 0.0955. The number of unbranched alkanes of at least 4 members (excludes halogenated alkanes) is 4. The second kappa shape index (κ2) is 11.5. The number of nitrogens with one attached hydrogen (secondary N) is 1. The second-order valence-electron chi connectivity index (χ2n) is 6.01. The van der Waals surface area contributed by atoms with E-state index in [2.05, 4.69) is 33.4 Å². The Labute approximate surface area is 163 Å². The monoisotopic (exact) mass is 416 g/mol. The van der Waals surface area contributed by atoms with Crippen molar-refractivity contribution < 1.29 is 9.53 Å². The molecule has 0 bridgehead atoms. The molecule has 1 N–H and O–H groups in total. The molecule has 2 aromatic rings. The summed E-state index contributed by atoms with van der Waals surface area (Å²) < 4.78 is 6.72. The first-order valence-electron chi connectivity index (χ1n) is 9.01. The Hall–Kier alpha value is -2.14. The van der Waals surface area contributed by atoms with E-state index in [-0.39, 0.29) is 5.91 Å². The van der Waals surface area contributed by atoms with Gasteiger partial charge in [0, 0.05) is 15.6 Å². The highest BCUT2D eigenvalue weighted by Gasteiger charge is 2.05. The van der Waals surface area contributed by atoms with Crippen molar-refractivity contribution in [3.63, 3.8) is 0 Å². The number of benzene rings is 2. The first-order valence-corrected chi connectivity index (χ1v) is 9.81. The van der Waals surface area contributed by atoms with E-state index >= 15 is 0 Å². The normalized spacial score (nSPS) is 10.8. The van der Waals surface area contributed by atoms with Crippen LogP contribution in [0.5, 0.6) is 5.75 Å². The quantitative estimate of drug-likeness (QED) is 0.313. The number of halogens is 1. The molecule has 138 valence electrons. The van der Waals surface area contributed by atoms with E-state index < -0.39 is 0 Å². The third-order valence-corrected chi connectivity index (χ3v) is 4.37. The van der Waals surface area contributed by atoms with Crippen LogP contribution in [0.3, 0.4) is 0 Å². The Morgan fingerprint density at radius 3 is 2.73 bits per heavy atom. The fraction of sp³-hybridized carbons (Fsp3) is 0.333. The number of ether oxygens (including phenoxy) is 1. The van der Waals surface area contributed by atoms with Crippen LogP contribution >= 0.6 is 15.9 Å². The maximum atomic E-state index is 12.1. The minimum Gasteiger partial charge on any atom is -0.493 e. The van der Waals surface area contributed by atoms with Crippen molar-refractivity contribution >= 4 is 28.1 Å². The van der Waals surface area contributed by atoms with Crippen LogP contribution in [0.2, 0.25) is 0 Å². The van der Waals surface area contributed by atoms with E-state index in [1.807, 2.05) is 36.4 Å². The van der Waals surface area contributed by atoms with Crippen molar-refractivity contribution in [3.05, 3.63) is 64.1 Å². The Morgan fingerprint density at radius 1 is 1.12 bits per heavy atom. The molecule has 0 aliphatic heterocycles. The molecule has 0 heterocycles. The van der Waals surface area contributed by atoms with Crippen molar-refractivity contribution in [1.82, 2.24) is 5.43 Å². The van der Waals surface area contributed by atoms with Gasteiger partial charge in [-0.15, -0.1) is 0 Å². The Kier molecular flexibility index (Phi) is 8.90. The van der Waals surface area contributed by atoms with E-state index in [0.717, 1.165) is 22.2 Å². The zero-order valence-electron chi connectivity index (χ0n) is 15.1. The Bertz CT molecular complexity index is 731. The van der Waals surface area contributed by atoms with E-state index in [9.17, 15) is 4.79 Å². The number of amides is 1. The topological polar surface area (TPSA) is 50.7 Å². The van der Waals surface area contributed by atoms with Crippen LogP contribution in [0.15, 0.2) is 58.1 Å². The molecule has 0 atom stereocenters. The van der Waals surface area contributed by atoms with E-state index in [0.29, 0.717) is 12.2 Å². The molecule has 4 nitrogen and oxygen atoms in total. The van der Waals surface area contributed by atoms with Crippen LogP contribution in [0.25, 0.3) is 0 Å². The van der Waals surface area contributed by atoms with Crippen LogP contribution in [-0.4, -0.2) is 18.7 Å². The fourth-order valence-corrected chi connectivity index (χ4v) is 2.86. The molecule has 0 saturated carbocycles. The summed E-state index contributed by atoms with van der Waals surface area (Å²) >= 11 is 3.35. The molecule has 0 aromatic heterocycles. The molecule has 2 aromatic carbocycles. The maximum absolute atomic E-state index is 12.1. The SMILES string of the molecule is CCCCCCCOc1ccccc1/C=N\NC(=O)c1cccc(Br)c1. The Balaban J connectivity index is 1.86. The standard InChI is InChI=1S/C21H25BrN2O2/c1-2-3-4-5-8-14-26-20-13-7-6-10-18(20)16-23-24-21(25)17-11-9-12-19(22)15-17/h6-7,9-13,15-16H,2-5,8,14H2,1H3,(H,24,25)/b23-16-. The molecule has 1 amide bonds. The van der Waals surface area contributed by atoms with Gasteiger partial charge in [0.2, 0.25) is 0 Å². The van der Waals surface area contributed by atoms with Crippen LogP contribution in [0, 0.1) is 0 Å². The molecule has 2 rings (SSSR count). The van der Waals surface area contributed by atoms with Gasteiger partial charge in [-0.1, -0.05) is 66.7 Å². The summed E-state index contributed by atoms with van der Waals surface area (Å²) in [5, 5.41) is 4.06. The minimum atomic E-state index is -0.253. The van der Waals surface area contributed by atoms with Gasteiger partial charge in [0.15, 0.2) is 0 Å². The van der Waals surface area contributed by atoms with Gasteiger partial charge in [0.05, 0.1) is 12.8 Å². The predicted octanol–water partition coefficient (Wildman–Crippen LogP) is 5.56. The predicted molar refractivity (Wildman–Crippen MR) is 110 cm³/mol. The highest BCUT2D eigenvalue weighted by Crippen LogP contribution is 2.17. The average molecular weight is 417 g/mol. The molecule has 0 aliphatic carbocycles. The summed E-state index contributed by atoms with van der Waals surface area (Å²) in [6, 6.07) is 14.9. The summed E-state index contributed by atoms with van der Waals surface area (Å²) in [6.07, 6.45) is 7.62. The number of carbonyl (C=O) groups excluding carboxylic acids is 1. The molecule has 26 heavy (non-hydrogen) atoms. The third-order valence-electron chi connectivity index (χ3n) is 3.88. The molecule has 0 spiro atoms. The van der Waals surface area contributed by atoms with Crippen LogP contribution in [0.4, 0.5) is 0 Å². The van der Waals surface area contributed by atoms with Crippen molar-refractivity contribution in [2.45, 2.75) is 39.0 Å². The Morgan fingerprint density at radius 2 is 1.92 bits per heavy atom. The summed E-state index contributed by atoms with van der Waals surface area (Å²) in [5.41, 5.74) is 3.94.